The van der Waals surface area contributed by atoms with Gasteiger partial charge in [0.25, 0.3) is 0 Å². The van der Waals surface area contributed by atoms with Crippen LogP contribution in [0.5, 0.6) is 0 Å². The topological polar surface area (TPSA) is 39.1 Å². The van der Waals surface area contributed by atoms with Gasteiger partial charge in [-0.2, -0.15) is 5.10 Å². The first-order valence-electron chi connectivity index (χ1n) is 7.39. The zero-order valence-electron chi connectivity index (χ0n) is 13.4. The van der Waals surface area contributed by atoms with Crippen molar-refractivity contribution < 1.29 is 4.74 Å². The fraction of sp³-hybridized carbons (Fsp3) is 0.471. The summed E-state index contributed by atoms with van der Waals surface area (Å²) in [5.41, 5.74) is 6.29. The molecule has 0 aliphatic heterocycles. The minimum Gasteiger partial charge on any atom is -0.383 e. The van der Waals surface area contributed by atoms with Gasteiger partial charge < -0.3 is 10.1 Å². The molecule has 1 aromatic carbocycles. The summed E-state index contributed by atoms with van der Waals surface area (Å²) in [5, 5.41) is 7.96. The molecule has 0 saturated carbocycles. The molecular weight excluding hydrogens is 262 g/mol. The number of aryl methyl sites for hydroxylation is 3. The fourth-order valence-electron chi connectivity index (χ4n) is 2.30. The standard InChI is InChI=1S/C17H25N3O/c1-13-5-6-16(9-14(13)2)11-20-12-17(15(3)19-20)10-18-7-8-21-4/h5-6,9,12,18H,7-8,10-11H2,1-4H3. The Hall–Kier alpha value is -1.65. The molecule has 0 unspecified atom stereocenters. The lowest BCUT2D eigenvalue weighted by atomic mass is 10.1. The molecule has 4 heteroatoms. The van der Waals surface area contributed by atoms with Gasteiger partial charge in [-0.25, -0.2) is 0 Å². The summed E-state index contributed by atoms with van der Waals surface area (Å²) in [5.74, 6) is 0. The monoisotopic (exact) mass is 287 g/mol. The van der Waals surface area contributed by atoms with E-state index in [1.165, 1.54) is 22.3 Å². The molecule has 2 rings (SSSR count). The maximum absolute atomic E-state index is 5.03. The molecule has 0 aliphatic rings. The van der Waals surface area contributed by atoms with Gasteiger partial charge in [-0.3, -0.25) is 4.68 Å². The Kier molecular flexibility index (Phi) is 5.53. The van der Waals surface area contributed by atoms with Gasteiger partial charge in [0, 0.05) is 32.0 Å². The van der Waals surface area contributed by atoms with E-state index in [0.29, 0.717) is 0 Å². The quantitative estimate of drug-likeness (QED) is 0.796. The third-order valence-corrected chi connectivity index (χ3v) is 3.76. The highest BCUT2D eigenvalue weighted by molar-refractivity contribution is 5.30. The molecule has 1 aromatic heterocycles. The lowest BCUT2D eigenvalue weighted by molar-refractivity contribution is 0.199. The molecular formula is C17H25N3O. The summed E-state index contributed by atoms with van der Waals surface area (Å²) in [6.45, 7) is 9.60. The summed E-state index contributed by atoms with van der Waals surface area (Å²) in [7, 11) is 1.72. The predicted molar refractivity (Wildman–Crippen MR) is 85.6 cm³/mol. The smallest absolute Gasteiger partial charge is 0.0659 e. The van der Waals surface area contributed by atoms with Crippen molar-refractivity contribution in [3.63, 3.8) is 0 Å². The van der Waals surface area contributed by atoms with Crippen LogP contribution >= 0.6 is 0 Å². The van der Waals surface area contributed by atoms with Crippen LogP contribution in [-0.2, 0) is 17.8 Å². The second-order valence-corrected chi connectivity index (χ2v) is 5.53. The molecule has 0 bridgehead atoms. The predicted octanol–water partition coefficient (Wildman–Crippen LogP) is 2.59. The second kappa shape index (κ2) is 7.38. The average Bonchev–Trinajstić information content (AvgIpc) is 2.79. The van der Waals surface area contributed by atoms with Crippen LogP contribution in [0.2, 0.25) is 0 Å². The number of hydrogen-bond donors (Lipinski definition) is 1. The summed E-state index contributed by atoms with van der Waals surface area (Å²) in [4.78, 5) is 0. The number of aromatic nitrogens is 2. The van der Waals surface area contributed by atoms with E-state index in [-0.39, 0.29) is 0 Å². The first kappa shape index (κ1) is 15.7. The van der Waals surface area contributed by atoms with Gasteiger partial charge in [0.1, 0.15) is 0 Å². The van der Waals surface area contributed by atoms with Gasteiger partial charge in [0.05, 0.1) is 18.8 Å². The Morgan fingerprint density at radius 1 is 1.19 bits per heavy atom. The highest BCUT2D eigenvalue weighted by atomic mass is 16.5. The summed E-state index contributed by atoms with van der Waals surface area (Å²) < 4.78 is 7.05. The van der Waals surface area contributed by atoms with E-state index in [4.69, 9.17) is 4.74 Å². The van der Waals surface area contributed by atoms with E-state index < -0.39 is 0 Å². The molecule has 0 spiro atoms. The van der Waals surface area contributed by atoms with Crippen LogP contribution in [0.4, 0.5) is 0 Å². The summed E-state index contributed by atoms with van der Waals surface area (Å²) in [6, 6.07) is 6.59. The molecule has 21 heavy (non-hydrogen) atoms. The molecule has 0 saturated heterocycles. The summed E-state index contributed by atoms with van der Waals surface area (Å²) in [6.07, 6.45) is 2.13. The fourth-order valence-corrected chi connectivity index (χ4v) is 2.30. The maximum atomic E-state index is 5.03. The molecule has 0 aliphatic carbocycles. The molecule has 0 radical (unpaired) electrons. The van der Waals surface area contributed by atoms with E-state index >= 15 is 0 Å². The first-order chi connectivity index (χ1) is 10.1. The van der Waals surface area contributed by atoms with Crippen LogP contribution in [0.25, 0.3) is 0 Å². The molecule has 4 nitrogen and oxygen atoms in total. The average molecular weight is 287 g/mol. The Balaban J connectivity index is 1.99. The molecule has 0 amide bonds. The Morgan fingerprint density at radius 2 is 2.00 bits per heavy atom. The highest BCUT2D eigenvalue weighted by Gasteiger charge is 2.05. The van der Waals surface area contributed by atoms with Crippen molar-refractivity contribution in [2.45, 2.75) is 33.9 Å². The molecule has 0 atom stereocenters. The van der Waals surface area contributed by atoms with E-state index in [0.717, 1.165) is 31.9 Å². The Labute approximate surface area is 127 Å². The van der Waals surface area contributed by atoms with E-state index in [9.17, 15) is 0 Å². The number of rotatable bonds is 7. The number of methoxy groups -OCH3 is 1. The highest BCUT2D eigenvalue weighted by Crippen LogP contribution is 2.12. The lowest BCUT2D eigenvalue weighted by Gasteiger charge is -2.05. The molecule has 0 fully saturated rings. The van der Waals surface area contributed by atoms with E-state index in [2.05, 4.69) is 55.6 Å². The lowest BCUT2D eigenvalue weighted by Crippen LogP contribution is -2.18. The van der Waals surface area contributed by atoms with Gasteiger partial charge in [-0.15, -0.1) is 0 Å². The maximum Gasteiger partial charge on any atom is 0.0659 e. The minimum atomic E-state index is 0.732. The largest absolute Gasteiger partial charge is 0.383 e. The number of nitrogens with zero attached hydrogens (tertiary/aromatic N) is 2. The zero-order valence-corrected chi connectivity index (χ0v) is 13.4. The van der Waals surface area contributed by atoms with Gasteiger partial charge in [-0.05, 0) is 37.5 Å². The Morgan fingerprint density at radius 3 is 2.71 bits per heavy atom. The normalized spacial score (nSPS) is 11.0. The van der Waals surface area contributed by atoms with Crippen molar-refractivity contribution in [3.8, 4) is 0 Å². The van der Waals surface area contributed by atoms with Crippen molar-refractivity contribution in [1.29, 1.82) is 0 Å². The molecule has 114 valence electrons. The van der Waals surface area contributed by atoms with Gasteiger partial charge in [-0.1, -0.05) is 18.2 Å². The number of ether oxygens (including phenoxy) is 1. The first-order valence-corrected chi connectivity index (χ1v) is 7.39. The van der Waals surface area contributed by atoms with Crippen molar-refractivity contribution in [2.24, 2.45) is 0 Å². The molecule has 2 aromatic rings. The minimum absolute atomic E-state index is 0.732. The van der Waals surface area contributed by atoms with Crippen LogP contribution in [0.3, 0.4) is 0 Å². The third-order valence-electron chi connectivity index (χ3n) is 3.76. The number of benzene rings is 1. The van der Waals surface area contributed by atoms with Gasteiger partial charge >= 0.3 is 0 Å². The zero-order chi connectivity index (χ0) is 15.2. The van der Waals surface area contributed by atoms with E-state index in [1.54, 1.807) is 7.11 Å². The van der Waals surface area contributed by atoms with E-state index in [1.807, 2.05) is 4.68 Å². The van der Waals surface area contributed by atoms with Crippen molar-refractivity contribution in [1.82, 2.24) is 15.1 Å². The van der Waals surface area contributed by atoms with Crippen LogP contribution < -0.4 is 5.32 Å². The SMILES string of the molecule is COCCNCc1cn(Cc2ccc(C)c(C)c2)nc1C. The Bertz CT molecular complexity index is 590. The van der Waals surface area contributed by atoms with Crippen LogP contribution in [-0.4, -0.2) is 30.0 Å². The van der Waals surface area contributed by atoms with Crippen molar-refractivity contribution >= 4 is 0 Å². The second-order valence-electron chi connectivity index (χ2n) is 5.53. The van der Waals surface area contributed by atoms with Crippen LogP contribution in [0.15, 0.2) is 24.4 Å². The van der Waals surface area contributed by atoms with Crippen molar-refractivity contribution in [3.05, 3.63) is 52.3 Å². The molecule has 1 N–H and O–H groups in total. The van der Waals surface area contributed by atoms with Crippen LogP contribution in [0, 0.1) is 20.8 Å². The third kappa shape index (κ3) is 4.41. The number of nitrogens with one attached hydrogen (secondary N) is 1. The summed E-state index contributed by atoms with van der Waals surface area (Å²) >= 11 is 0. The van der Waals surface area contributed by atoms with Crippen LogP contribution in [0.1, 0.15) is 27.9 Å². The van der Waals surface area contributed by atoms with Gasteiger partial charge in [0.2, 0.25) is 0 Å². The van der Waals surface area contributed by atoms with Gasteiger partial charge in [0.15, 0.2) is 0 Å². The number of hydrogen-bond acceptors (Lipinski definition) is 3. The molecule has 1 heterocycles. The van der Waals surface area contributed by atoms with Crippen molar-refractivity contribution in [2.75, 3.05) is 20.3 Å².